The van der Waals surface area contributed by atoms with Crippen molar-refractivity contribution in [1.29, 1.82) is 0 Å². The van der Waals surface area contributed by atoms with Crippen LogP contribution in [0, 0.1) is 5.92 Å². The summed E-state index contributed by atoms with van der Waals surface area (Å²) in [5.74, 6) is -0.985. The fourth-order valence-corrected chi connectivity index (χ4v) is 3.36. The van der Waals surface area contributed by atoms with Gasteiger partial charge in [0.1, 0.15) is 17.7 Å². The summed E-state index contributed by atoms with van der Waals surface area (Å²) in [4.78, 5) is 41.3. The van der Waals surface area contributed by atoms with Crippen molar-refractivity contribution in [3.63, 3.8) is 0 Å². The van der Waals surface area contributed by atoms with Crippen molar-refractivity contribution in [2.24, 2.45) is 5.92 Å². The fourth-order valence-electron chi connectivity index (χ4n) is 3.36. The number of hydrogen-bond acceptors (Lipinski definition) is 4. The highest BCUT2D eigenvalue weighted by molar-refractivity contribution is 5.92. The number of carbonyl (C=O) groups is 3. The average molecular weight is 472 g/mol. The van der Waals surface area contributed by atoms with Crippen LogP contribution in [0.5, 0.6) is 0 Å². The van der Waals surface area contributed by atoms with Gasteiger partial charge in [0, 0.05) is 12.1 Å². The fraction of sp³-hybridized carbons (Fsp3) is 0.519. The van der Waals surface area contributed by atoms with Crippen molar-refractivity contribution in [3.05, 3.63) is 54.6 Å². The van der Waals surface area contributed by atoms with E-state index < -0.39 is 35.2 Å². The second-order valence-electron chi connectivity index (χ2n) is 10.7. The monoisotopic (exact) mass is 471 g/mol. The van der Waals surface area contributed by atoms with Gasteiger partial charge in [-0.1, -0.05) is 50.8 Å². The first-order chi connectivity index (χ1) is 15.6. The van der Waals surface area contributed by atoms with Crippen LogP contribution in [0.1, 0.15) is 72.6 Å². The number of rotatable bonds is 9. The van der Waals surface area contributed by atoms with E-state index in [2.05, 4.69) is 23.8 Å². The molecule has 0 saturated heterocycles. The summed E-state index contributed by atoms with van der Waals surface area (Å²) >= 11 is 0. The molecule has 1 aromatic rings. The van der Waals surface area contributed by atoms with Gasteiger partial charge in [0.05, 0.1) is 0 Å². The van der Waals surface area contributed by atoms with Crippen molar-refractivity contribution in [3.8, 4) is 0 Å². The third-order valence-corrected chi connectivity index (χ3v) is 4.73. The van der Waals surface area contributed by atoms with E-state index in [0.29, 0.717) is 5.56 Å². The van der Waals surface area contributed by atoms with E-state index >= 15 is 0 Å². The Morgan fingerprint density at radius 3 is 2.18 bits per heavy atom. The van der Waals surface area contributed by atoms with Crippen molar-refractivity contribution >= 4 is 24.0 Å². The van der Waals surface area contributed by atoms with Crippen LogP contribution in [0.3, 0.4) is 0 Å². The van der Waals surface area contributed by atoms with Gasteiger partial charge in [0.15, 0.2) is 0 Å². The van der Waals surface area contributed by atoms with Gasteiger partial charge in [-0.2, -0.15) is 0 Å². The van der Waals surface area contributed by atoms with Crippen molar-refractivity contribution in [2.75, 3.05) is 6.54 Å². The third-order valence-electron chi connectivity index (χ3n) is 4.73. The smallest absolute Gasteiger partial charge is 0.408 e. The normalized spacial score (nSPS) is 13.4. The lowest BCUT2D eigenvalue weighted by Crippen LogP contribution is -2.56. The van der Waals surface area contributed by atoms with Crippen molar-refractivity contribution in [1.82, 2.24) is 15.5 Å². The SMILES string of the molecule is C=CCN(C(=O)C(NC(=O)OC(C)(C)C)C(C)C)C(C(=O)NC(C)(C)C)c1cccc(C=C)c1. The molecule has 2 unspecified atom stereocenters. The van der Waals surface area contributed by atoms with Crippen LogP contribution in [-0.4, -0.2) is 46.5 Å². The van der Waals surface area contributed by atoms with Crippen molar-refractivity contribution in [2.45, 2.75) is 78.6 Å². The van der Waals surface area contributed by atoms with E-state index in [9.17, 15) is 14.4 Å². The Balaban J connectivity index is 3.50. The summed E-state index contributed by atoms with van der Waals surface area (Å²) in [6.45, 7) is 22.2. The van der Waals surface area contributed by atoms with Gasteiger partial charge in [0.25, 0.3) is 0 Å². The summed E-state index contributed by atoms with van der Waals surface area (Å²) in [5, 5.41) is 5.68. The summed E-state index contributed by atoms with van der Waals surface area (Å²) in [7, 11) is 0. The molecule has 0 bridgehead atoms. The number of carbonyl (C=O) groups excluding carboxylic acids is 3. The maximum absolute atomic E-state index is 13.8. The molecule has 0 aromatic heterocycles. The molecule has 7 nitrogen and oxygen atoms in total. The Morgan fingerprint density at radius 2 is 1.71 bits per heavy atom. The molecule has 2 atom stereocenters. The number of ether oxygens (including phenoxy) is 1. The first kappa shape index (κ1) is 28.9. The highest BCUT2D eigenvalue weighted by Crippen LogP contribution is 2.26. The molecule has 0 radical (unpaired) electrons. The lowest BCUT2D eigenvalue weighted by molar-refractivity contribution is -0.143. The zero-order valence-corrected chi connectivity index (χ0v) is 21.9. The number of nitrogens with zero attached hydrogens (tertiary/aromatic N) is 1. The average Bonchev–Trinajstić information content (AvgIpc) is 2.68. The summed E-state index contributed by atoms with van der Waals surface area (Å²) in [6.07, 6.45) is 2.56. The summed E-state index contributed by atoms with van der Waals surface area (Å²) < 4.78 is 5.37. The molecule has 3 amide bonds. The molecule has 1 aromatic carbocycles. The largest absolute Gasteiger partial charge is 0.444 e. The van der Waals surface area contributed by atoms with Crippen LogP contribution < -0.4 is 10.6 Å². The highest BCUT2D eigenvalue weighted by atomic mass is 16.6. The van der Waals surface area contributed by atoms with Gasteiger partial charge in [0.2, 0.25) is 11.8 Å². The Labute approximate surface area is 204 Å². The van der Waals surface area contributed by atoms with Crippen LogP contribution in [0.25, 0.3) is 6.08 Å². The van der Waals surface area contributed by atoms with Gasteiger partial charge < -0.3 is 20.3 Å². The van der Waals surface area contributed by atoms with Crippen molar-refractivity contribution < 1.29 is 19.1 Å². The van der Waals surface area contributed by atoms with Crippen LogP contribution in [0.15, 0.2) is 43.5 Å². The van der Waals surface area contributed by atoms with Crippen LogP contribution in [0.2, 0.25) is 0 Å². The summed E-state index contributed by atoms with van der Waals surface area (Å²) in [5.41, 5.74) is 0.231. The Kier molecular flexibility index (Phi) is 10.1. The van der Waals surface area contributed by atoms with Gasteiger partial charge in [-0.25, -0.2) is 4.79 Å². The first-order valence-corrected chi connectivity index (χ1v) is 11.5. The zero-order chi connectivity index (χ0) is 26.3. The molecule has 0 aliphatic carbocycles. The zero-order valence-electron chi connectivity index (χ0n) is 21.9. The Bertz CT molecular complexity index is 894. The van der Waals surface area contributed by atoms with E-state index in [-0.39, 0.29) is 18.4 Å². The molecule has 2 N–H and O–H groups in total. The number of benzene rings is 1. The number of amides is 3. The van der Waals surface area contributed by atoms with Crippen LogP contribution in [-0.2, 0) is 14.3 Å². The van der Waals surface area contributed by atoms with Gasteiger partial charge in [-0.3, -0.25) is 9.59 Å². The lowest BCUT2D eigenvalue weighted by Gasteiger charge is -2.36. The van der Waals surface area contributed by atoms with Gasteiger partial charge >= 0.3 is 6.09 Å². The number of alkyl carbamates (subject to hydrolysis) is 1. The predicted molar refractivity (Wildman–Crippen MR) is 137 cm³/mol. The van der Waals surface area contributed by atoms with E-state index in [4.69, 9.17) is 4.74 Å². The molecule has 7 heteroatoms. The van der Waals surface area contributed by atoms with Gasteiger partial charge in [-0.15, -0.1) is 6.58 Å². The minimum atomic E-state index is -0.939. The quantitative estimate of drug-likeness (QED) is 0.504. The molecule has 0 aliphatic heterocycles. The van der Waals surface area contributed by atoms with E-state index in [1.54, 1.807) is 39.0 Å². The molecule has 34 heavy (non-hydrogen) atoms. The molecular weight excluding hydrogens is 430 g/mol. The van der Waals surface area contributed by atoms with E-state index in [0.717, 1.165) is 5.56 Å². The van der Waals surface area contributed by atoms with E-state index in [1.165, 1.54) is 4.90 Å². The second kappa shape index (κ2) is 11.9. The Morgan fingerprint density at radius 1 is 1.09 bits per heavy atom. The maximum Gasteiger partial charge on any atom is 0.408 e. The lowest BCUT2D eigenvalue weighted by atomic mass is 9.97. The predicted octanol–water partition coefficient (Wildman–Crippen LogP) is 4.85. The third kappa shape index (κ3) is 9.04. The Hall–Kier alpha value is -3.09. The second-order valence-corrected chi connectivity index (χ2v) is 10.7. The number of nitrogens with one attached hydrogen (secondary N) is 2. The molecule has 1 rings (SSSR count). The van der Waals surface area contributed by atoms with Gasteiger partial charge in [-0.05, 0) is 64.7 Å². The standard InChI is InChI=1S/C27H41N3O4/c1-11-16-30(24(32)21(18(3)4)28-25(33)34-27(8,9)10)22(23(31)29-26(5,6)7)20-15-13-14-19(12-2)17-20/h11-15,17-18,21-22H,1-2,16H2,3-10H3,(H,28,33)(H,29,31). The summed E-state index contributed by atoms with van der Waals surface area (Å²) in [6, 6.07) is 5.48. The molecule has 0 heterocycles. The minimum absolute atomic E-state index is 0.110. The molecule has 0 aliphatic rings. The maximum atomic E-state index is 13.8. The molecular formula is C27H41N3O4. The van der Waals surface area contributed by atoms with E-state index in [1.807, 2.05) is 52.8 Å². The topological polar surface area (TPSA) is 87.7 Å². The highest BCUT2D eigenvalue weighted by Gasteiger charge is 2.37. The van der Waals surface area contributed by atoms with Crippen LogP contribution >= 0.6 is 0 Å². The first-order valence-electron chi connectivity index (χ1n) is 11.5. The molecule has 188 valence electrons. The van der Waals surface area contributed by atoms with Crippen LogP contribution in [0.4, 0.5) is 4.79 Å². The molecule has 0 saturated carbocycles. The molecule has 0 spiro atoms. The molecule has 0 fully saturated rings. The number of hydrogen-bond donors (Lipinski definition) is 2. The minimum Gasteiger partial charge on any atom is -0.444 e.